The molecule has 1 saturated heterocycles. The summed E-state index contributed by atoms with van der Waals surface area (Å²) in [7, 11) is -3.33. The van der Waals surface area contributed by atoms with Crippen molar-refractivity contribution in [2.24, 2.45) is 0 Å². The van der Waals surface area contributed by atoms with Crippen molar-refractivity contribution >= 4 is 21.4 Å². The lowest BCUT2D eigenvalue weighted by Crippen LogP contribution is -2.42. The number of hydrogen-bond donors (Lipinski definition) is 1. The normalized spacial score (nSPS) is 21.2. The van der Waals surface area contributed by atoms with Gasteiger partial charge in [0.2, 0.25) is 10.0 Å². The van der Waals surface area contributed by atoms with Crippen LogP contribution in [-0.2, 0) is 16.6 Å². The van der Waals surface area contributed by atoms with E-state index in [0.717, 1.165) is 37.1 Å². The Hall–Kier alpha value is -0.430. The van der Waals surface area contributed by atoms with Gasteiger partial charge in [0.05, 0.1) is 4.90 Å². The van der Waals surface area contributed by atoms with Crippen molar-refractivity contribution in [3.05, 3.63) is 16.3 Å². The molecule has 1 aliphatic heterocycles. The van der Waals surface area contributed by atoms with Crippen LogP contribution in [0.2, 0.25) is 0 Å². The van der Waals surface area contributed by atoms with Gasteiger partial charge in [-0.15, -0.1) is 11.3 Å². The first kappa shape index (κ1) is 15.9. The minimum Gasteiger partial charge on any atom is -0.312 e. The number of nitrogens with zero attached hydrogens (tertiary/aromatic N) is 1. The van der Waals surface area contributed by atoms with Gasteiger partial charge in [-0.1, -0.05) is 13.3 Å². The fourth-order valence-corrected chi connectivity index (χ4v) is 5.71. The fraction of sp³-hybridized carbons (Fsp3) is 0.714. The maximum absolute atomic E-state index is 12.8. The Morgan fingerprint density at radius 2 is 2.25 bits per heavy atom. The predicted molar refractivity (Wildman–Crippen MR) is 83.5 cm³/mol. The van der Waals surface area contributed by atoms with E-state index in [1.54, 1.807) is 10.4 Å². The van der Waals surface area contributed by atoms with Gasteiger partial charge < -0.3 is 5.32 Å². The summed E-state index contributed by atoms with van der Waals surface area (Å²) in [6.45, 7) is 6.33. The molecule has 6 heteroatoms. The van der Waals surface area contributed by atoms with Crippen LogP contribution in [0.5, 0.6) is 0 Å². The summed E-state index contributed by atoms with van der Waals surface area (Å²) in [5.41, 5.74) is 0. The Morgan fingerprint density at radius 3 is 2.95 bits per heavy atom. The third kappa shape index (κ3) is 3.42. The summed E-state index contributed by atoms with van der Waals surface area (Å²) in [4.78, 5) is 1.43. The molecule has 1 aromatic heterocycles. The first-order valence-electron chi connectivity index (χ1n) is 7.36. The summed E-state index contributed by atoms with van der Waals surface area (Å²) in [5, 5.41) is 5.17. The van der Waals surface area contributed by atoms with Crippen LogP contribution in [0.3, 0.4) is 0 Å². The zero-order valence-electron chi connectivity index (χ0n) is 12.3. The lowest BCUT2D eigenvalue weighted by atomic mass is 10.1. The summed E-state index contributed by atoms with van der Waals surface area (Å²) in [6, 6.07) is 1.87. The molecule has 1 fully saturated rings. The van der Waals surface area contributed by atoms with Gasteiger partial charge in [0.15, 0.2) is 0 Å². The van der Waals surface area contributed by atoms with Crippen LogP contribution in [0.4, 0.5) is 0 Å². The van der Waals surface area contributed by atoms with Crippen molar-refractivity contribution in [3.63, 3.8) is 0 Å². The summed E-state index contributed by atoms with van der Waals surface area (Å²) in [5.74, 6) is 0. The van der Waals surface area contributed by atoms with Crippen molar-refractivity contribution in [2.75, 3.05) is 13.1 Å². The quantitative estimate of drug-likeness (QED) is 0.821. The maximum Gasteiger partial charge on any atom is 0.244 e. The summed E-state index contributed by atoms with van der Waals surface area (Å²) in [6.07, 6.45) is 4.11. The van der Waals surface area contributed by atoms with Gasteiger partial charge in [0.25, 0.3) is 0 Å². The minimum atomic E-state index is -3.33. The molecule has 1 unspecified atom stereocenters. The van der Waals surface area contributed by atoms with Crippen LogP contribution in [0.25, 0.3) is 0 Å². The molecule has 2 rings (SSSR count). The van der Waals surface area contributed by atoms with E-state index >= 15 is 0 Å². The van der Waals surface area contributed by atoms with Gasteiger partial charge in [-0.05, 0) is 44.2 Å². The Balaban J connectivity index is 2.19. The molecule has 1 atom stereocenters. The second-order valence-electron chi connectivity index (χ2n) is 5.35. The molecule has 114 valence electrons. The van der Waals surface area contributed by atoms with Gasteiger partial charge in [0.1, 0.15) is 0 Å². The van der Waals surface area contributed by atoms with Crippen molar-refractivity contribution in [1.82, 2.24) is 9.62 Å². The Labute approximate surface area is 126 Å². The van der Waals surface area contributed by atoms with Crippen molar-refractivity contribution in [3.8, 4) is 0 Å². The number of hydrogen-bond acceptors (Lipinski definition) is 4. The maximum atomic E-state index is 12.8. The molecular weight excluding hydrogens is 292 g/mol. The summed E-state index contributed by atoms with van der Waals surface area (Å²) < 4.78 is 27.3. The van der Waals surface area contributed by atoms with E-state index in [1.165, 1.54) is 11.3 Å². The molecule has 2 heterocycles. The second-order valence-corrected chi connectivity index (χ2v) is 8.21. The van der Waals surface area contributed by atoms with Crippen LogP contribution in [0.15, 0.2) is 16.3 Å². The molecule has 0 radical (unpaired) electrons. The molecule has 0 saturated carbocycles. The Morgan fingerprint density at radius 1 is 1.45 bits per heavy atom. The molecule has 1 aromatic rings. The third-order valence-electron chi connectivity index (χ3n) is 3.75. The zero-order valence-corrected chi connectivity index (χ0v) is 13.9. The molecule has 20 heavy (non-hydrogen) atoms. The predicted octanol–water partition coefficient (Wildman–Crippen LogP) is 2.81. The SMILES string of the molecule is CCCNCc1sccc1S(=O)(=O)N1CCCCC1C. The number of thiophene rings is 1. The van der Waals surface area contributed by atoms with E-state index in [9.17, 15) is 8.42 Å². The molecule has 0 spiro atoms. The van der Waals surface area contributed by atoms with Crippen LogP contribution in [0.1, 0.15) is 44.4 Å². The van der Waals surface area contributed by atoms with E-state index in [4.69, 9.17) is 0 Å². The number of rotatable bonds is 6. The van der Waals surface area contributed by atoms with Gasteiger partial charge in [-0.2, -0.15) is 4.31 Å². The Kier molecular flexibility index (Phi) is 5.60. The molecular formula is C14H24N2O2S2. The van der Waals surface area contributed by atoms with Crippen LogP contribution in [0, 0.1) is 0 Å². The summed E-state index contributed by atoms with van der Waals surface area (Å²) >= 11 is 1.52. The highest BCUT2D eigenvalue weighted by Gasteiger charge is 2.32. The van der Waals surface area contributed by atoms with Crippen molar-refractivity contribution < 1.29 is 8.42 Å². The van der Waals surface area contributed by atoms with E-state index in [-0.39, 0.29) is 6.04 Å². The van der Waals surface area contributed by atoms with Crippen LogP contribution < -0.4 is 5.32 Å². The van der Waals surface area contributed by atoms with E-state index in [1.807, 2.05) is 12.3 Å². The van der Waals surface area contributed by atoms with Gasteiger partial charge in [-0.3, -0.25) is 0 Å². The van der Waals surface area contributed by atoms with Crippen LogP contribution >= 0.6 is 11.3 Å². The number of piperidine rings is 1. The highest BCUT2D eigenvalue weighted by molar-refractivity contribution is 7.89. The zero-order chi connectivity index (χ0) is 14.6. The van der Waals surface area contributed by atoms with Crippen molar-refractivity contribution in [1.29, 1.82) is 0 Å². The van der Waals surface area contributed by atoms with Crippen molar-refractivity contribution in [2.45, 2.75) is 57.0 Å². The lowest BCUT2D eigenvalue weighted by Gasteiger charge is -2.32. The topological polar surface area (TPSA) is 49.4 Å². The highest BCUT2D eigenvalue weighted by atomic mass is 32.2. The molecule has 1 N–H and O–H groups in total. The third-order valence-corrected chi connectivity index (χ3v) is 6.89. The van der Waals surface area contributed by atoms with E-state index in [0.29, 0.717) is 18.0 Å². The minimum absolute atomic E-state index is 0.116. The first-order chi connectivity index (χ1) is 9.57. The van der Waals surface area contributed by atoms with Gasteiger partial charge in [-0.25, -0.2) is 8.42 Å². The number of nitrogens with one attached hydrogen (secondary N) is 1. The van der Waals surface area contributed by atoms with Gasteiger partial charge >= 0.3 is 0 Å². The fourth-order valence-electron chi connectivity index (χ4n) is 2.62. The Bertz CT molecular complexity index is 525. The second kappa shape index (κ2) is 7.02. The first-order valence-corrected chi connectivity index (χ1v) is 9.68. The lowest BCUT2D eigenvalue weighted by molar-refractivity contribution is 0.268. The average molecular weight is 316 g/mol. The highest BCUT2D eigenvalue weighted by Crippen LogP contribution is 2.29. The molecule has 0 aliphatic carbocycles. The van der Waals surface area contributed by atoms with E-state index in [2.05, 4.69) is 12.2 Å². The molecule has 0 aromatic carbocycles. The smallest absolute Gasteiger partial charge is 0.244 e. The molecule has 0 amide bonds. The molecule has 0 bridgehead atoms. The molecule has 4 nitrogen and oxygen atoms in total. The monoisotopic (exact) mass is 316 g/mol. The molecule has 1 aliphatic rings. The number of sulfonamides is 1. The van der Waals surface area contributed by atoms with Crippen LogP contribution in [-0.4, -0.2) is 31.9 Å². The van der Waals surface area contributed by atoms with Gasteiger partial charge in [0, 0.05) is 24.0 Å². The largest absolute Gasteiger partial charge is 0.312 e. The standard InChI is InChI=1S/C14H24N2O2S2/c1-3-8-15-11-13-14(7-10-19-13)20(17,18)16-9-5-4-6-12(16)2/h7,10,12,15H,3-6,8-9,11H2,1-2H3. The average Bonchev–Trinajstić information content (AvgIpc) is 2.88. The van der Waals surface area contributed by atoms with E-state index < -0.39 is 10.0 Å².